The highest BCUT2D eigenvalue weighted by molar-refractivity contribution is 5.75. The first-order chi connectivity index (χ1) is 11.3. The van der Waals surface area contributed by atoms with E-state index < -0.39 is 35.6 Å². The molecule has 0 aliphatic heterocycles. The summed E-state index contributed by atoms with van der Waals surface area (Å²) in [5, 5.41) is 2.45. The fraction of sp³-hybridized carbons (Fsp3) is 0.250. The number of pyridine rings is 1. The molecule has 0 radical (unpaired) electrons. The molecule has 2 rings (SSSR count). The first-order valence-corrected chi connectivity index (χ1v) is 7.05. The third-order valence-electron chi connectivity index (χ3n) is 3.30. The van der Waals surface area contributed by atoms with Crippen molar-refractivity contribution >= 4 is 5.91 Å². The number of benzene rings is 1. The Labute approximate surface area is 134 Å². The number of carbonyl (C=O) groups excluding carboxylic acids is 1. The molecule has 0 spiro atoms. The lowest BCUT2D eigenvalue weighted by Crippen LogP contribution is -2.33. The molecule has 0 aliphatic carbocycles. The van der Waals surface area contributed by atoms with E-state index in [4.69, 9.17) is 0 Å². The van der Waals surface area contributed by atoms with Crippen molar-refractivity contribution in [3.05, 3.63) is 69.9 Å². The maximum absolute atomic E-state index is 13.4. The molecule has 0 atom stereocenters. The molecule has 24 heavy (non-hydrogen) atoms. The Hall–Kier alpha value is -2.64. The van der Waals surface area contributed by atoms with E-state index in [0.717, 1.165) is 6.07 Å². The molecule has 0 bridgehead atoms. The van der Waals surface area contributed by atoms with Crippen molar-refractivity contribution in [2.75, 3.05) is 6.54 Å². The first kappa shape index (κ1) is 17.7. The second kappa shape index (κ2) is 7.29. The Kier molecular flexibility index (Phi) is 5.38. The molecule has 2 aromatic rings. The van der Waals surface area contributed by atoms with Crippen molar-refractivity contribution in [1.82, 2.24) is 9.88 Å². The zero-order chi connectivity index (χ0) is 17.7. The van der Waals surface area contributed by atoms with Crippen molar-refractivity contribution in [3.8, 4) is 0 Å². The maximum Gasteiger partial charge on any atom is 0.417 e. The lowest BCUT2D eigenvalue weighted by molar-refractivity contribution is -0.138. The van der Waals surface area contributed by atoms with Gasteiger partial charge >= 0.3 is 6.18 Å². The van der Waals surface area contributed by atoms with E-state index in [2.05, 4.69) is 5.32 Å². The van der Waals surface area contributed by atoms with Gasteiger partial charge in [-0.3, -0.25) is 9.59 Å². The number of rotatable bonds is 5. The number of aromatic nitrogens is 1. The lowest BCUT2D eigenvalue weighted by Gasteiger charge is -2.11. The van der Waals surface area contributed by atoms with Crippen LogP contribution in [0.25, 0.3) is 0 Å². The zero-order valence-corrected chi connectivity index (χ0v) is 12.4. The largest absolute Gasteiger partial charge is 0.417 e. The van der Waals surface area contributed by atoms with E-state index in [0.29, 0.717) is 22.4 Å². The average molecular weight is 342 g/mol. The summed E-state index contributed by atoms with van der Waals surface area (Å²) >= 11 is 0. The standard InChI is InChI=1S/C16H14F4N2O2/c17-13-4-2-1-3-11(13)7-8-21-14(23)10-22-9-12(16(18,19)20)5-6-15(22)24/h1-6,9H,7-8,10H2,(H,21,23). The lowest BCUT2D eigenvalue weighted by atomic mass is 10.1. The highest BCUT2D eigenvalue weighted by Gasteiger charge is 2.31. The molecular weight excluding hydrogens is 328 g/mol. The molecule has 4 nitrogen and oxygen atoms in total. The Morgan fingerprint density at radius 1 is 1.12 bits per heavy atom. The molecule has 0 saturated carbocycles. The van der Waals surface area contributed by atoms with Gasteiger partial charge in [0.15, 0.2) is 0 Å². The van der Waals surface area contributed by atoms with Gasteiger partial charge in [-0.1, -0.05) is 18.2 Å². The minimum Gasteiger partial charge on any atom is -0.354 e. The summed E-state index contributed by atoms with van der Waals surface area (Å²) in [6.07, 6.45) is -3.77. The summed E-state index contributed by atoms with van der Waals surface area (Å²) in [5.74, 6) is -1.03. The predicted octanol–water partition coefficient (Wildman–Crippen LogP) is 2.37. The van der Waals surface area contributed by atoms with Gasteiger partial charge in [-0.25, -0.2) is 4.39 Å². The van der Waals surface area contributed by atoms with Crippen LogP contribution in [0.3, 0.4) is 0 Å². The Balaban J connectivity index is 1.95. The summed E-state index contributed by atoms with van der Waals surface area (Å²) in [7, 11) is 0. The molecule has 1 aromatic heterocycles. The topological polar surface area (TPSA) is 51.1 Å². The number of hydrogen-bond donors (Lipinski definition) is 1. The number of hydrogen-bond acceptors (Lipinski definition) is 2. The van der Waals surface area contributed by atoms with Crippen LogP contribution in [0.5, 0.6) is 0 Å². The molecule has 128 valence electrons. The minimum atomic E-state index is -4.60. The highest BCUT2D eigenvalue weighted by atomic mass is 19.4. The fourth-order valence-corrected chi connectivity index (χ4v) is 2.07. The van der Waals surface area contributed by atoms with Crippen molar-refractivity contribution in [1.29, 1.82) is 0 Å². The molecule has 1 heterocycles. The van der Waals surface area contributed by atoms with E-state index in [1.807, 2.05) is 0 Å². The molecule has 0 aliphatic rings. The van der Waals surface area contributed by atoms with Crippen molar-refractivity contribution < 1.29 is 22.4 Å². The molecule has 0 fully saturated rings. The molecule has 1 aromatic carbocycles. The third-order valence-corrected chi connectivity index (χ3v) is 3.30. The smallest absolute Gasteiger partial charge is 0.354 e. The van der Waals surface area contributed by atoms with Crippen LogP contribution in [-0.4, -0.2) is 17.0 Å². The van der Waals surface area contributed by atoms with Gasteiger partial charge in [0.25, 0.3) is 5.56 Å². The molecule has 0 unspecified atom stereocenters. The van der Waals surface area contributed by atoms with E-state index >= 15 is 0 Å². The third kappa shape index (κ3) is 4.68. The Morgan fingerprint density at radius 3 is 2.50 bits per heavy atom. The fourth-order valence-electron chi connectivity index (χ4n) is 2.07. The van der Waals surface area contributed by atoms with Crippen LogP contribution in [0, 0.1) is 5.82 Å². The average Bonchev–Trinajstić information content (AvgIpc) is 2.50. The molecule has 0 saturated heterocycles. The van der Waals surface area contributed by atoms with E-state index in [9.17, 15) is 27.2 Å². The summed E-state index contributed by atoms with van der Waals surface area (Å²) in [4.78, 5) is 23.3. The van der Waals surface area contributed by atoms with Crippen LogP contribution in [0.4, 0.5) is 17.6 Å². The van der Waals surface area contributed by atoms with Crippen LogP contribution in [0.1, 0.15) is 11.1 Å². The van der Waals surface area contributed by atoms with Gasteiger partial charge in [0, 0.05) is 18.8 Å². The van der Waals surface area contributed by atoms with E-state index in [-0.39, 0.29) is 13.0 Å². The maximum atomic E-state index is 13.4. The summed E-state index contributed by atoms with van der Waals surface area (Å²) in [6.45, 7) is -0.437. The Morgan fingerprint density at radius 2 is 1.83 bits per heavy atom. The van der Waals surface area contributed by atoms with Gasteiger partial charge in [0.2, 0.25) is 5.91 Å². The quantitative estimate of drug-likeness (QED) is 0.848. The van der Waals surface area contributed by atoms with E-state index in [1.54, 1.807) is 12.1 Å². The summed E-state index contributed by atoms with van der Waals surface area (Å²) in [5.41, 5.74) is -1.32. The highest BCUT2D eigenvalue weighted by Crippen LogP contribution is 2.27. The van der Waals surface area contributed by atoms with Gasteiger partial charge < -0.3 is 9.88 Å². The van der Waals surface area contributed by atoms with Crippen LogP contribution in [-0.2, 0) is 23.9 Å². The van der Waals surface area contributed by atoms with Crippen molar-refractivity contribution in [2.45, 2.75) is 19.1 Å². The Bertz CT molecular complexity index is 784. The number of alkyl halides is 3. The van der Waals surface area contributed by atoms with Gasteiger partial charge in [0.1, 0.15) is 12.4 Å². The number of halogens is 4. The summed E-state index contributed by atoms with van der Waals surface area (Å²) < 4.78 is 51.9. The van der Waals surface area contributed by atoms with Crippen LogP contribution >= 0.6 is 0 Å². The molecule has 8 heteroatoms. The van der Waals surface area contributed by atoms with Gasteiger partial charge in [-0.15, -0.1) is 0 Å². The molecule has 1 N–H and O–H groups in total. The number of carbonyl (C=O) groups is 1. The second-order valence-electron chi connectivity index (χ2n) is 5.07. The number of amides is 1. The zero-order valence-electron chi connectivity index (χ0n) is 12.4. The van der Waals surface area contributed by atoms with Crippen LogP contribution in [0.15, 0.2) is 47.4 Å². The van der Waals surface area contributed by atoms with Gasteiger partial charge in [-0.2, -0.15) is 13.2 Å². The molecule has 1 amide bonds. The van der Waals surface area contributed by atoms with Crippen LogP contribution in [0.2, 0.25) is 0 Å². The van der Waals surface area contributed by atoms with Gasteiger partial charge in [0.05, 0.1) is 5.56 Å². The van der Waals surface area contributed by atoms with Crippen molar-refractivity contribution in [3.63, 3.8) is 0 Å². The second-order valence-corrected chi connectivity index (χ2v) is 5.07. The predicted molar refractivity (Wildman–Crippen MR) is 78.8 cm³/mol. The first-order valence-electron chi connectivity index (χ1n) is 7.05. The normalized spacial score (nSPS) is 11.3. The number of nitrogens with one attached hydrogen (secondary N) is 1. The van der Waals surface area contributed by atoms with Crippen LogP contribution < -0.4 is 10.9 Å². The SMILES string of the molecule is O=C(Cn1cc(C(F)(F)F)ccc1=O)NCCc1ccccc1F. The van der Waals surface area contributed by atoms with Gasteiger partial charge in [-0.05, 0) is 24.1 Å². The minimum absolute atomic E-state index is 0.105. The van der Waals surface area contributed by atoms with E-state index in [1.165, 1.54) is 12.1 Å². The molecular formula is C16H14F4N2O2. The number of nitrogens with zero attached hydrogens (tertiary/aromatic N) is 1. The summed E-state index contributed by atoms with van der Waals surface area (Å²) in [6, 6.07) is 7.47. The van der Waals surface area contributed by atoms with Crippen molar-refractivity contribution in [2.24, 2.45) is 0 Å². The monoisotopic (exact) mass is 342 g/mol.